The zero-order valence-corrected chi connectivity index (χ0v) is 16.6. The predicted molar refractivity (Wildman–Crippen MR) is 115 cm³/mol. The maximum Gasteiger partial charge on any atom is 0.229 e. The van der Waals surface area contributed by atoms with Gasteiger partial charge in [0.05, 0.1) is 12.3 Å². The van der Waals surface area contributed by atoms with Gasteiger partial charge in [0.15, 0.2) is 0 Å². The average Bonchev–Trinajstić information content (AvgIpc) is 2.70. The molecule has 3 rings (SSSR count). The molecule has 3 aromatic rings. The highest BCUT2D eigenvalue weighted by molar-refractivity contribution is 5.66. The minimum Gasteiger partial charge on any atom is -0.494 e. The van der Waals surface area contributed by atoms with Crippen LogP contribution < -0.4 is 15.4 Å². The Morgan fingerprint density at radius 2 is 1.71 bits per heavy atom. The van der Waals surface area contributed by atoms with Gasteiger partial charge in [0, 0.05) is 30.4 Å². The molecule has 0 fully saturated rings. The molecule has 0 saturated carbocycles. The highest BCUT2D eigenvalue weighted by Gasteiger charge is 2.08. The molecular weight excluding hydrogens is 350 g/mol. The quantitative estimate of drug-likeness (QED) is 0.581. The summed E-state index contributed by atoms with van der Waals surface area (Å²) in [6, 6.07) is 19.9. The Hall–Kier alpha value is -3.12. The average molecular weight is 377 g/mol. The molecule has 0 aliphatic carbocycles. The van der Waals surface area contributed by atoms with Crippen LogP contribution in [0.25, 0.3) is 11.3 Å². The second kappa shape index (κ2) is 9.71. The zero-order valence-electron chi connectivity index (χ0n) is 16.6. The summed E-state index contributed by atoms with van der Waals surface area (Å²) in [6.45, 7) is 4.35. The predicted octanol–water partition coefficient (Wildman–Crippen LogP) is 4.26. The lowest BCUT2D eigenvalue weighted by Gasteiger charge is -2.13. The van der Waals surface area contributed by atoms with E-state index in [0.717, 1.165) is 41.6 Å². The van der Waals surface area contributed by atoms with E-state index < -0.39 is 0 Å². The number of nitrogens with one attached hydrogen (secondary N) is 2. The maximum absolute atomic E-state index is 5.50. The topological polar surface area (TPSA) is 62.3 Å². The molecule has 0 aliphatic rings. The van der Waals surface area contributed by atoms with Crippen LogP contribution in [0.4, 0.5) is 17.5 Å². The fourth-order valence-electron chi connectivity index (χ4n) is 2.69. The molecular formula is C22H27N5O. The molecule has 6 nitrogen and oxygen atoms in total. The van der Waals surface area contributed by atoms with Gasteiger partial charge < -0.3 is 20.3 Å². The summed E-state index contributed by atoms with van der Waals surface area (Å²) >= 11 is 0. The van der Waals surface area contributed by atoms with Crippen LogP contribution in [0.15, 0.2) is 60.7 Å². The van der Waals surface area contributed by atoms with E-state index in [1.54, 1.807) is 0 Å². The first-order valence-corrected chi connectivity index (χ1v) is 9.47. The molecule has 0 aliphatic heterocycles. The van der Waals surface area contributed by atoms with Crippen molar-refractivity contribution in [3.8, 4) is 17.0 Å². The number of hydrogen-bond donors (Lipinski definition) is 2. The summed E-state index contributed by atoms with van der Waals surface area (Å²) in [7, 11) is 4.10. The van der Waals surface area contributed by atoms with E-state index in [2.05, 4.69) is 34.6 Å². The summed E-state index contributed by atoms with van der Waals surface area (Å²) in [5, 5.41) is 6.68. The van der Waals surface area contributed by atoms with Gasteiger partial charge in [0.1, 0.15) is 11.6 Å². The van der Waals surface area contributed by atoms with E-state index in [9.17, 15) is 0 Å². The second-order valence-corrected chi connectivity index (χ2v) is 6.64. The third-order valence-electron chi connectivity index (χ3n) is 4.08. The molecule has 1 heterocycles. The Bertz CT molecular complexity index is 866. The Morgan fingerprint density at radius 3 is 2.39 bits per heavy atom. The molecule has 146 valence electrons. The highest BCUT2D eigenvalue weighted by atomic mass is 16.5. The van der Waals surface area contributed by atoms with Gasteiger partial charge in [-0.05, 0) is 45.3 Å². The van der Waals surface area contributed by atoms with Gasteiger partial charge in [-0.1, -0.05) is 30.3 Å². The largest absolute Gasteiger partial charge is 0.494 e. The van der Waals surface area contributed by atoms with Crippen molar-refractivity contribution in [3.05, 3.63) is 60.7 Å². The first-order chi connectivity index (χ1) is 13.6. The molecule has 28 heavy (non-hydrogen) atoms. The molecule has 1 aromatic heterocycles. The summed E-state index contributed by atoms with van der Waals surface area (Å²) in [5.41, 5.74) is 2.83. The summed E-state index contributed by atoms with van der Waals surface area (Å²) in [4.78, 5) is 11.5. The van der Waals surface area contributed by atoms with Crippen molar-refractivity contribution in [3.63, 3.8) is 0 Å². The number of benzene rings is 2. The standard InChI is InChI=1S/C22H27N5O/c1-4-28-19-12-10-18(11-13-19)24-22-25-20(17-8-6-5-7-9-17)16-21(26-22)23-14-15-27(2)3/h5-13,16H,4,14-15H2,1-3H3,(H2,23,24,25,26). The SMILES string of the molecule is CCOc1ccc(Nc2nc(NCCN(C)C)cc(-c3ccccc3)n2)cc1. The lowest BCUT2D eigenvalue weighted by Crippen LogP contribution is -2.21. The Labute approximate surface area is 166 Å². The normalized spacial score (nSPS) is 10.7. The smallest absolute Gasteiger partial charge is 0.229 e. The molecule has 0 atom stereocenters. The number of aromatic nitrogens is 2. The van der Waals surface area contributed by atoms with Gasteiger partial charge in [0.2, 0.25) is 5.95 Å². The van der Waals surface area contributed by atoms with Crippen LogP contribution in [-0.2, 0) is 0 Å². The van der Waals surface area contributed by atoms with E-state index in [0.29, 0.717) is 12.6 Å². The van der Waals surface area contributed by atoms with Crippen molar-refractivity contribution in [1.82, 2.24) is 14.9 Å². The molecule has 0 amide bonds. The molecule has 0 radical (unpaired) electrons. The molecule has 0 bridgehead atoms. The van der Waals surface area contributed by atoms with Gasteiger partial charge in [-0.3, -0.25) is 0 Å². The van der Waals surface area contributed by atoms with Crippen LogP contribution in [0.3, 0.4) is 0 Å². The Kier molecular flexibility index (Phi) is 6.81. The third kappa shape index (κ3) is 5.69. The monoisotopic (exact) mass is 377 g/mol. The van der Waals surface area contributed by atoms with E-state index in [-0.39, 0.29) is 0 Å². The fraction of sp³-hybridized carbons (Fsp3) is 0.273. The van der Waals surface area contributed by atoms with Crippen LogP contribution in [0.2, 0.25) is 0 Å². The maximum atomic E-state index is 5.50. The van der Waals surface area contributed by atoms with E-state index in [4.69, 9.17) is 9.72 Å². The molecule has 2 N–H and O–H groups in total. The Balaban J connectivity index is 1.83. The summed E-state index contributed by atoms with van der Waals surface area (Å²) in [5.74, 6) is 2.19. The second-order valence-electron chi connectivity index (χ2n) is 6.64. The van der Waals surface area contributed by atoms with Crippen molar-refractivity contribution in [2.45, 2.75) is 6.92 Å². The van der Waals surface area contributed by atoms with Crippen molar-refractivity contribution in [2.24, 2.45) is 0 Å². The minimum atomic E-state index is 0.554. The van der Waals surface area contributed by atoms with Crippen LogP contribution >= 0.6 is 0 Å². The zero-order chi connectivity index (χ0) is 19.8. The minimum absolute atomic E-state index is 0.554. The first kappa shape index (κ1) is 19.6. The third-order valence-corrected chi connectivity index (χ3v) is 4.08. The van der Waals surface area contributed by atoms with Gasteiger partial charge in [0.25, 0.3) is 0 Å². The van der Waals surface area contributed by atoms with Crippen molar-refractivity contribution in [2.75, 3.05) is 44.4 Å². The first-order valence-electron chi connectivity index (χ1n) is 9.47. The molecule has 6 heteroatoms. The Morgan fingerprint density at radius 1 is 0.964 bits per heavy atom. The molecule has 0 saturated heterocycles. The van der Waals surface area contributed by atoms with Crippen LogP contribution in [0.1, 0.15) is 6.92 Å². The van der Waals surface area contributed by atoms with Crippen LogP contribution in [0.5, 0.6) is 5.75 Å². The summed E-state index contributed by atoms with van der Waals surface area (Å²) < 4.78 is 5.50. The van der Waals surface area contributed by atoms with Gasteiger partial charge in [-0.15, -0.1) is 0 Å². The van der Waals surface area contributed by atoms with E-state index in [1.807, 2.05) is 67.6 Å². The lowest BCUT2D eigenvalue weighted by molar-refractivity contribution is 0.340. The number of nitrogens with zero attached hydrogens (tertiary/aromatic N) is 3. The van der Waals surface area contributed by atoms with Gasteiger partial charge in [-0.25, -0.2) is 4.98 Å². The van der Waals surface area contributed by atoms with Crippen molar-refractivity contribution >= 4 is 17.5 Å². The number of anilines is 3. The molecule has 0 unspecified atom stereocenters. The number of likely N-dealkylation sites (N-methyl/N-ethyl adjacent to an activating group) is 1. The number of hydrogen-bond acceptors (Lipinski definition) is 6. The highest BCUT2D eigenvalue weighted by Crippen LogP contribution is 2.24. The van der Waals surface area contributed by atoms with Gasteiger partial charge in [-0.2, -0.15) is 4.98 Å². The summed E-state index contributed by atoms with van der Waals surface area (Å²) in [6.07, 6.45) is 0. The molecule has 0 spiro atoms. The molecule has 2 aromatic carbocycles. The van der Waals surface area contributed by atoms with E-state index in [1.165, 1.54) is 0 Å². The van der Waals surface area contributed by atoms with E-state index >= 15 is 0 Å². The lowest BCUT2D eigenvalue weighted by atomic mass is 10.1. The van der Waals surface area contributed by atoms with Crippen LogP contribution in [-0.4, -0.2) is 48.7 Å². The fourth-order valence-corrected chi connectivity index (χ4v) is 2.69. The van der Waals surface area contributed by atoms with Crippen molar-refractivity contribution < 1.29 is 4.74 Å². The number of rotatable bonds is 9. The van der Waals surface area contributed by atoms with Crippen LogP contribution in [0, 0.1) is 0 Å². The number of ether oxygens (including phenoxy) is 1. The van der Waals surface area contributed by atoms with Crippen molar-refractivity contribution in [1.29, 1.82) is 0 Å². The van der Waals surface area contributed by atoms with Gasteiger partial charge >= 0.3 is 0 Å².